The van der Waals surface area contributed by atoms with Gasteiger partial charge < -0.3 is 9.47 Å². The van der Waals surface area contributed by atoms with Crippen LogP contribution in [0.4, 0.5) is 9.52 Å². The van der Waals surface area contributed by atoms with E-state index in [1.165, 1.54) is 29.5 Å². The Labute approximate surface area is 133 Å². The molecule has 0 saturated heterocycles. The van der Waals surface area contributed by atoms with Gasteiger partial charge in [0.2, 0.25) is 11.9 Å². The molecule has 1 aromatic heterocycles. The second-order valence-corrected chi connectivity index (χ2v) is 5.81. The zero-order valence-electron chi connectivity index (χ0n) is 11.6. The highest BCUT2D eigenvalue weighted by Crippen LogP contribution is 2.38. The molecule has 0 saturated carbocycles. The molecular formula is C15H10FN3O3S. The molecule has 1 aliphatic rings. The summed E-state index contributed by atoms with van der Waals surface area (Å²) >= 11 is 1.36. The van der Waals surface area contributed by atoms with E-state index >= 15 is 0 Å². The first-order chi connectivity index (χ1) is 11.2. The van der Waals surface area contributed by atoms with Crippen molar-refractivity contribution in [3.05, 3.63) is 47.8 Å². The molecule has 1 aliphatic heterocycles. The first-order valence-corrected chi connectivity index (χ1v) is 7.53. The number of halogens is 1. The summed E-state index contributed by atoms with van der Waals surface area (Å²) in [5, 5.41) is 0.508. The van der Waals surface area contributed by atoms with Crippen molar-refractivity contribution >= 4 is 32.6 Å². The summed E-state index contributed by atoms with van der Waals surface area (Å²) in [6, 6.07) is 9.07. The molecule has 0 aliphatic carbocycles. The molecule has 23 heavy (non-hydrogen) atoms. The molecule has 0 atom stereocenters. The molecule has 4 rings (SSSR count). The third-order valence-electron chi connectivity index (χ3n) is 3.25. The number of nitrogens with zero attached hydrogens (tertiary/aromatic N) is 1. The second-order valence-electron chi connectivity index (χ2n) is 4.78. The van der Waals surface area contributed by atoms with Crippen LogP contribution in [0.2, 0.25) is 0 Å². The molecular weight excluding hydrogens is 321 g/mol. The minimum absolute atomic E-state index is 0.210. The number of hydrogen-bond donors (Lipinski definition) is 2. The third-order valence-corrected chi connectivity index (χ3v) is 4.19. The van der Waals surface area contributed by atoms with Crippen LogP contribution in [0.1, 0.15) is 10.4 Å². The monoisotopic (exact) mass is 331 g/mol. The molecule has 2 heterocycles. The Hall–Kier alpha value is -2.87. The van der Waals surface area contributed by atoms with Gasteiger partial charge in [0.25, 0.3) is 5.91 Å². The molecule has 2 N–H and O–H groups in total. The van der Waals surface area contributed by atoms with Gasteiger partial charge in [-0.3, -0.25) is 15.6 Å². The van der Waals surface area contributed by atoms with Crippen LogP contribution in [0.15, 0.2) is 36.4 Å². The summed E-state index contributed by atoms with van der Waals surface area (Å²) in [6.45, 7) is 0.210. The summed E-state index contributed by atoms with van der Waals surface area (Å²) in [4.78, 5) is 16.3. The summed E-state index contributed by atoms with van der Waals surface area (Å²) in [7, 11) is 0. The fourth-order valence-corrected chi connectivity index (χ4v) is 3.01. The molecule has 0 spiro atoms. The number of benzene rings is 2. The van der Waals surface area contributed by atoms with Crippen LogP contribution in [-0.2, 0) is 0 Å². The molecule has 0 bridgehead atoms. The lowest BCUT2D eigenvalue weighted by atomic mass is 10.2. The minimum atomic E-state index is -0.466. The highest BCUT2D eigenvalue weighted by molar-refractivity contribution is 7.22. The summed E-state index contributed by atoms with van der Waals surface area (Å²) in [5.41, 5.74) is 6.18. The normalized spacial score (nSPS) is 12.4. The van der Waals surface area contributed by atoms with E-state index in [1.54, 1.807) is 6.07 Å². The van der Waals surface area contributed by atoms with Crippen LogP contribution < -0.4 is 20.3 Å². The number of hydrazine groups is 1. The Kier molecular flexibility index (Phi) is 3.23. The van der Waals surface area contributed by atoms with E-state index in [1.807, 2.05) is 6.07 Å². The minimum Gasteiger partial charge on any atom is -0.454 e. The van der Waals surface area contributed by atoms with Gasteiger partial charge in [0.1, 0.15) is 5.82 Å². The van der Waals surface area contributed by atoms with Gasteiger partial charge in [0.05, 0.1) is 10.2 Å². The molecule has 0 unspecified atom stereocenters. The number of amides is 1. The summed E-state index contributed by atoms with van der Waals surface area (Å²) in [5.74, 6) is 0.416. The van der Waals surface area contributed by atoms with Crippen LogP contribution in [0, 0.1) is 5.82 Å². The van der Waals surface area contributed by atoms with Gasteiger partial charge in [-0.25, -0.2) is 9.37 Å². The highest BCUT2D eigenvalue weighted by Gasteiger charge is 2.16. The average Bonchev–Trinajstić information content (AvgIpc) is 3.15. The molecule has 6 nitrogen and oxygen atoms in total. The van der Waals surface area contributed by atoms with Gasteiger partial charge in [0.15, 0.2) is 11.5 Å². The lowest BCUT2D eigenvalue weighted by Gasteiger charge is -2.05. The van der Waals surface area contributed by atoms with Crippen LogP contribution >= 0.6 is 11.3 Å². The van der Waals surface area contributed by atoms with Crippen molar-refractivity contribution in [2.75, 3.05) is 12.2 Å². The summed E-state index contributed by atoms with van der Waals surface area (Å²) < 4.78 is 24.6. The smallest absolute Gasteiger partial charge is 0.269 e. The number of anilines is 1. The van der Waals surface area contributed by atoms with Gasteiger partial charge in [-0.1, -0.05) is 17.4 Å². The van der Waals surface area contributed by atoms with E-state index in [9.17, 15) is 9.18 Å². The Balaban J connectivity index is 1.51. The number of hydrogen-bond acceptors (Lipinski definition) is 6. The van der Waals surface area contributed by atoms with Gasteiger partial charge in [-0.15, -0.1) is 0 Å². The number of fused-ring (bicyclic) bond motifs is 2. The first kappa shape index (κ1) is 13.8. The van der Waals surface area contributed by atoms with Crippen molar-refractivity contribution in [3.63, 3.8) is 0 Å². The highest BCUT2D eigenvalue weighted by atomic mass is 32.1. The van der Waals surface area contributed by atoms with Crippen molar-refractivity contribution in [3.8, 4) is 11.5 Å². The molecule has 8 heteroatoms. The van der Waals surface area contributed by atoms with E-state index in [0.717, 1.165) is 16.3 Å². The predicted octanol–water partition coefficient (Wildman–Crippen LogP) is 2.92. The molecule has 1 amide bonds. The van der Waals surface area contributed by atoms with Crippen molar-refractivity contribution < 1.29 is 18.7 Å². The first-order valence-electron chi connectivity index (χ1n) is 6.71. The van der Waals surface area contributed by atoms with Crippen molar-refractivity contribution in [1.82, 2.24) is 10.4 Å². The largest absolute Gasteiger partial charge is 0.454 e. The lowest BCUT2D eigenvalue weighted by Crippen LogP contribution is -2.29. The maximum atomic E-state index is 13.1. The number of nitrogens with one attached hydrogen (secondary N) is 2. The van der Waals surface area contributed by atoms with E-state index < -0.39 is 11.7 Å². The molecule has 2 aromatic carbocycles. The van der Waals surface area contributed by atoms with Gasteiger partial charge in [-0.05, 0) is 18.2 Å². The number of aromatic nitrogens is 1. The van der Waals surface area contributed by atoms with Crippen molar-refractivity contribution in [2.45, 2.75) is 0 Å². The number of carbonyl (C=O) groups is 1. The third kappa shape index (κ3) is 2.64. The quantitative estimate of drug-likeness (QED) is 0.722. The maximum absolute atomic E-state index is 13.1. The van der Waals surface area contributed by atoms with Crippen molar-refractivity contribution in [2.24, 2.45) is 0 Å². The lowest BCUT2D eigenvalue weighted by molar-refractivity contribution is 0.0962. The summed E-state index contributed by atoms with van der Waals surface area (Å²) in [6.07, 6.45) is 0. The van der Waals surface area contributed by atoms with Gasteiger partial charge in [0, 0.05) is 17.7 Å². The van der Waals surface area contributed by atoms with E-state index in [4.69, 9.17) is 9.47 Å². The van der Waals surface area contributed by atoms with Crippen molar-refractivity contribution in [1.29, 1.82) is 0 Å². The Morgan fingerprint density at radius 3 is 2.87 bits per heavy atom. The second kappa shape index (κ2) is 5.40. The van der Waals surface area contributed by atoms with E-state index in [-0.39, 0.29) is 12.4 Å². The zero-order chi connectivity index (χ0) is 15.8. The standard InChI is InChI=1S/C15H10FN3O3S/c16-9-3-1-2-8(4-9)14(20)18-19-15-17-10-5-11-12(22-7-21-11)6-13(10)23-15/h1-6H,7H2,(H,17,19)(H,18,20). The Morgan fingerprint density at radius 1 is 1.22 bits per heavy atom. The maximum Gasteiger partial charge on any atom is 0.269 e. The number of thiazole rings is 1. The molecule has 0 radical (unpaired) electrons. The van der Waals surface area contributed by atoms with Crippen LogP contribution in [0.25, 0.3) is 10.2 Å². The van der Waals surface area contributed by atoms with Crippen LogP contribution in [0.3, 0.4) is 0 Å². The fourth-order valence-electron chi connectivity index (χ4n) is 2.18. The van der Waals surface area contributed by atoms with Crippen LogP contribution in [-0.4, -0.2) is 17.7 Å². The van der Waals surface area contributed by atoms with E-state index in [0.29, 0.717) is 16.6 Å². The zero-order valence-corrected chi connectivity index (χ0v) is 12.4. The number of rotatable bonds is 3. The van der Waals surface area contributed by atoms with Crippen LogP contribution in [0.5, 0.6) is 11.5 Å². The topological polar surface area (TPSA) is 72.5 Å². The fraction of sp³-hybridized carbons (Fsp3) is 0.0667. The Morgan fingerprint density at radius 2 is 2.04 bits per heavy atom. The Bertz CT molecular complexity index is 871. The molecule has 3 aromatic rings. The van der Waals surface area contributed by atoms with Gasteiger partial charge in [-0.2, -0.15) is 0 Å². The molecule has 0 fully saturated rings. The molecule has 116 valence electrons. The van der Waals surface area contributed by atoms with Gasteiger partial charge >= 0.3 is 0 Å². The number of ether oxygens (including phenoxy) is 2. The number of carbonyl (C=O) groups excluding carboxylic acids is 1. The predicted molar refractivity (Wildman–Crippen MR) is 83.2 cm³/mol. The van der Waals surface area contributed by atoms with E-state index in [2.05, 4.69) is 15.8 Å². The SMILES string of the molecule is O=C(NNc1nc2cc3c(cc2s1)OCO3)c1cccc(F)c1. The average molecular weight is 331 g/mol.